The van der Waals surface area contributed by atoms with Crippen LogP contribution in [-0.2, 0) is 0 Å². The summed E-state index contributed by atoms with van der Waals surface area (Å²) in [5, 5.41) is 0. The molecule has 0 aromatic heterocycles. The Kier molecular flexibility index (Phi) is 6.60. The van der Waals surface area contributed by atoms with Crippen molar-refractivity contribution in [2.24, 2.45) is 11.7 Å². The maximum Gasteiger partial charge on any atom is 0.268 e. The molecule has 2 amide bonds. The highest BCUT2D eigenvalue weighted by Crippen LogP contribution is 2.21. The van der Waals surface area contributed by atoms with Gasteiger partial charge in [0.25, 0.3) is 11.8 Å². The zero-order chi connectivity index (χ0) is 15.8. The van der Waals surface area contributed by atoms with Crippen molar-refractivity contribution in [1.29, 1.82) is 0 Å². The average Bonchev–Trinajstić information content (AvgIpc) is 2.49. The van der Waals surface area contributed by atoms with Crippen LogP contribution in [0.3, 0.4) is 0 Å². The van der Waals surface area contributed by atoms with Gasteiger partial charge in [0.05, 0.1) is 12.2 Å². The quantitative estimate of drug-likeness (QED) is 0.227. The molecule has 1 aromatic rings. The SMILES string of the molecule is CN(C)CCCOc1cc(C(=O)NN)ccc1C(=O)NN. The number of hydrogen-bond donors (Lipinski definition) is 4. The molecule has 0 saturated heterocycles. The molecule has 1 aromatic carbocycles. The summed E-state index contributed by atoms with van der Waals surface area (Å²) in [6.07, 6.45) is 0.782. The van der Waals surface area contributed by atoms with Crippen molar-refractivity contribution in [3.8, 4) is 5.75 Å². The van der Waals surface area contributed by atoms with Gasteiger partial charge in [0.2, 0.25) is 0 Å². The Morgan fingerprint density at radius 2 is 1.86 bits per heavy atom. The topological polar surface area (TPSA) is 123 Å². The Morgan fingerprint density at radius 1 is 1.19 bits per heavy atom. The van der Waals surface area contributed by atoms with Gasteiger partial charge in [-0.25, -0.2) is 11.7 Å². The number of rotatable bonds is 7. The molecular weight excluding hydrogens is 274 g/mol. The monoisotopic (exact) mass is 295 g/mol. The number of hydrogen-bond acceptors (Lipinski definition) is 6. The minimum atomic E-state index is -0.489. The van der Waals surface area contributed by atoms with Crippen LogP contribution in [0.1, 0.15) is 27.1 Å². The van der Waals surface area contributed by atoms with E-state index in [9.17, 15) is 9.59 Å². The Balaban J connectivity index is 2.89. The molecule has 0 heterocycles. The number of ether oxygens (including phenoxy) is 1. The van der Waals surface area contributed by atoms with Gasteiger partial charge in [-0.2, -0.15) is 0 Å². The first-order valence-electron chi connectivity index (χ1n) is 6.43. The molecule has 0 unspecified atom stereocenters. The van der Waals surface area contributed by atoms with Crippen molar-refractivity contribution >= 4 is 11.8 Å². The minimum Gasteiger partial charge on any atom is -0.493 e. The number of hydrazine groups is 2. The number of amides is 2. The fourth-order valence-electron chi connectivity index (χ4n) is 1.69. The smallest absolute Gasteiger partial charge is 0.268 e. The van der Waals surface area contributed by atoms with Gasteiger partial charge in [0, 0.05) is 12.1 Å². The zero-order valence-corrected chi connectivity index (χ0v) is 12.2. The number of nitrogens with zero attached hydrogens (tertiary/aromatic N) is 1. The highest BCUT2D eigenvalue weighted by Gasteiger charge is 2.15. The van der Waals surface area contributed by atoms with Crippen LogP contribution in [0.15, 0.2) is 18.2 Å². The van der Waals surface area contributed by atoms with Crippen molar-refractivity contribution < 1.29 is 14.3 Å². The van der Waals surface area contributed by atoms with E-state index in [4.69, 9.17) is 16.4 Å². The Bertz CT molecular complexity index is 505. The summed E-state index contributed by atoms with van der Waals surface area (Å²) in [5.41, 5.74) is 4.63. The summed E-state index contributed by atoms with van der Waals surface area (Å²) in [7, 11) is 3.92. The maximum atomic E-state index is 11.7. The lowest BCUT2D eigenvalue weighted by Gasteiger charge is -2.13. The summed E-state index contributed by atoms with van der Waals surface area (Å²) in [5.74, 6) is 9.55. The van der Waals surface area contributed by atoms with Crippen LogP contribution in [0.2, 0.25) is 0 Å². The van der Waals surface area contributed by atoms with E-state index in [1.165, 1.54) is 18.2 Å². The number of benzene rings is 1. The lowest BCUT2D eigenvalue weighted by atomic mass is 10.1. The highest BCUT2D eigenvalue weighted by molar-refractivity contribution is 5.99. The van der Waals surface area contributed by atoms with E-state index in [1.54, 1.807) is 0 Å². The average molecular weight is 295 g/mol. The van der Waals surface area contributed by atoms with Crippen LogP contribution in [0, 0.1) is 0 Å². The van der Waals surface area contributed by atoms with E-state index in [2.05, 4.69) is 0 Å². The molecular formula is C13H21N5O3. The van der Waals surface area contributed by atoms with E-state index in [0.717, 1.165) is 13.0 Å². The molecule has 0 bridgehead atoms. The summed E-state index contributed by atoms with van der Waals surface area (Å²) >= 11 is 0. The Morgan fingerprint density at radius 3 is 2.43 bits per heavy atom. The van der Waals surface area contributed by atoms with Gasteiger partial charge in [0.15, 0.2) is 0 Å². The molecule has 1 rings (SSSR count). The van der Waals surface area contributed by atoms with Crippen molar-refractivity contribution in [3.05, 3.63) is 29.3 Å². The third kappa shape index (κ3) is 5.03. The van der Waals surface area contributed by atoms with E-state index in [0.29, 0.717) is 12.2 Å². The second-order valence-corrected chi connectivity index (χ2v) is 4.66. The predicted molar refractivity (Wildman–Crippen MR) is 78.4 cm³/mol. The first-order chi connectivity index (χ1) is 9.99. The molecule has 0 aliphatic heterocycles. The van der Waals surface area contributed by atoms with Gasteiger partial charge in [-0.1, -0.05) is 0 Å². The number of carbonyl (C=O) groups is 2. The van der Waals surface area contributed by atoms with Crippen LogP contribution in [0.25, 0.3) is 0 Å². The van der Waals surface area contributed by atoms with Crippen LogP contribution < -0.4 is 27.3 Å². The van der Waals surface area contributed by atoms with Crippen LogP contribution >= 0.6 is 0 Å². The van der Waals surface area contributed by atoms with E-state index in [-0.39, 0.29) is 11.3 Å². The molecule has 0 aliphatic rings. The van der Waals surface area contributed by atoms with Gasteiger partial charge in [-0.3, -0.25) is 20.4 Å². The molecule has 21 heavy (non-hydrogen) atoms. The number of carbonyl (C=O) groups excluding carboxylic acids is 2. The fraction of sp³-hybridized carbons (Fsp3) is 0.385. The van der Waals surface area contributed by atoms with Gasteiger partial charge in [-0.15, -0.1) is 0 Å². The maximum absolute atomic E-state index is 11.7. The first kappa shape index (κ1) is 16.9. The second-order valence-electron chi connectivity index (χ2n) is 4.66. The third-order valence-electron chi connectivity index (χ3n) is 2.76. The van der Waals surface area contributed by atoms with Gasteiger partial charge in [-0.05, 0) is 38.7 Å². The normalized spacial score (nSPS) is 10.3. The number of nitrogens with two attached hydrogens (primary N) is 2. The van der Waals surface area contributed by atoms with Crippen molar-refractivity contribution in [1.82, 2.24) is 15.8 Å². The lowest BCUT2D eigenvalue weighted by molar-refractivity contribution is 0.0938. The van der Waals surface area contributed by atoms with Gasteiger partial charge < -0.3 is 9.64 Å². The standard InChI is InChI=1S/C13H21N5O3/c1-18(2)6-3-7-21-11-8-9(12(19)16-14)4-5-10(11)13(20)17-15/h4-5,8H,3,6-7,14-15H2,1-2H3,(H,16,19)(H,17,20). The van der Waals surface area contributed by atoms with Crippen molar-refractivity contribution in [2.45, 2.75) is 6.42 Å². The minimum absolute atomic E-state index is 0.260. The molecule has 6 N–H and O–H groups in total. The molecule has 8 nitrogen and oxygen atoms in total. The molecule has 8 heteroatoms. The van der Waals surface area contributed by atoms with Crippen LogP contribution in [0.5, 0.6) is 5.75 Å². The first-order valence-corrected chi connectivity index (χ1v) is 6.43. The molecule has 0 atom stereocenters. The largest absolute Gasteiger partial charge is 0.493 e. The van der Waals surface area contributed by atoms with Crippen molar-refractivity contribution in [2.75, 3.05) is 27.2 Å². The van der Waals surface area contributed by atoms with Crippen molar-refractivity contribution in [3.63, 3.8) is 0 Å². The molecule has 0 aliphatic carbocycles. The van der Waals surface area contributed by atoms with E-state index >= 15 is 0 Å². The number of nitrogen functional groups attached to an aromatic ring is 2. The highest BCUT2D eigenvalue weighted by atomic mass is 16.5. The molecule has 116 valence electrons. The molecule has 0 spiro atoms. The summed E-state index contributed by atoms with van der Waals surface area (Å²) in [6.45, 7) is 1.26. The summed E-state index contributed by atoms with van der Waals surface area (Å²) in [4.78, 5) is 25.2. The van der Waals surface area contributed by atoms with Gasteiger partial charge in [0.1, 0.15) is 5.75 Å². The lowest BCUT2D eigenvalue weighted by Crippen LogP contribution is -2.31. The molecule has 0 saturated carbocycles. The van der Waals surface area contributed by atoms with E-state index < -0.39 is 11.8 Å². The predicted octanol–water partition coefficient (Wildman–Crippen LogP) is -0.776. The zero-order valence-electron chi connectivity index (χ0n) is 12.2. The van der Waals surface area contributed by atoms with Gasteiger partial charge >= 0.3 is 0 Å². The van der Waals surface area contributed by atoms with Crippen LogP contribution in [-0.4, -0.2) is 44.0 Å². The Labute approximate surface area is 123 Å². The summed E-state index contributed by atoms with van der Waals surface area (Å²) in [6, 6.07) is 4.40. The molecule has 0 fully saturated rings. The second kappa shape index (κ2) is 8.20. The van der Waals surface area contributed by atoms with E-state index in [1.807, 2.05) is 29.8 Å². The fourth-order valence-corrected chi connectivity index (χ4v) is 1.69. The van der Waals surface area contributed by atoms with Crippen LogP contribution in [0.4, 0.5) is 0 Å². The number of nitrogens with one attached hydrogen (secondary N) is 2. The third-order valence-corrected chi connectivity index (χ3v) is 2.76. The molecule has 0 radical (unpaired) electrons. The summed E-state index contributed by atoms with van der Waals surface area (Å²) < 4.78 is 5.58. The Hall–Kier alpha value is -2.16.